The first kappa shape index (κ1) is 17.1. The van der Waals surface area contributed by atoms with Gasteiger partial charge in [-0.2, -0.15) is 18.2 Å². The van der Waals surface area contributed by atoms with Crippen molar-refractivity contribution in [3.8, 4) is 6.01 Å². The van der Waals surface area contributed by atoms with Crippen molar-refractivity contribution >= 4 is 5.91 Å². The lowest BCUT2D eigenvalue weighted by atomic mass is 10.1. The molecule has 2 aromatic heterocycles. The summed E-state index contributed by atoms with van der Waals surface area (Å²) in [5, 5.41) is 0. The van der Waals surface area contributed by atoms with E-state index >= 15 is 0 Å². The van der Waals surface area contributed by atoms with Crippen LogP contribution in [0.1, 0.15) is 28.9 Å². The molecule has 3 rings (SSSR count). The van der Waals surface area contributed by atoms with Gasteiger partial charge in [0.1, 0.15) is 6.10 Å². The molecule has 1 fully saturated rings. The van der Waals surface area contributed by atoms with Gasteiger partial charge in [-0.1, -0.05) is 0 Å². The molecule has 1 aliphatic rings. The van der Waals surface area contributed by atoms with Gasteiger partial charge in [0.05, 0.1) is 12.1 Å². The molecular weight excluding hydrogens is 337 g/mol. The molecule has 3 heterocycles. The van der Waals surface area contributed by atoms with Crippen LogP contribution in [0.3, 0.4) is 0 Å². The molecule has 0 spiro atoms. The van der Waals surface area contributed by atoms with E-state index in [1.807, 2.05) is 0 Å². The summed E-state index contributed by atoms with van der Waals surface area (Å²) in [6.45, 7) is 0.810. The summed E-state index contributed by atoms with van der Waals surface area (Å²) in [6.07, 6.45) is 0.319. The Morgan fingerprint density at radius 3 is 2.84 bits per heavy atom. The average Bonchev–Trinajstić information content (AvgIpc) is 2.61. The first-order chi connectivity index (χ1) is 11.9. The van der Waals surface area contributed by atoms with Crippen molar-refractivity contribution in [2.24, 2.45) is 0 Å². The van der Waals surface area contributed by atoms with E-state index in [0.29, 0.717) is 24.9 Å². The lowest BCUT2D eigenvalue weighted by Gasteiger charge is -2.32. The Hall–Kier alpha value is -2.71. The number of amides is 1. The minimum atomic E-state index is -4.56. The van der Waals surface area contributed by atoms with Gasteiger partial charge in [0.15, 0.2) is 5.69 Å². The normalized spacial score (nSPS) is 18.0. The predicted molar refractivity (Wildman–Crippen MR) is 80.8 cm³/mol. The maximum absolute atomic E-state index is 12.7. The molecule has 132 valence electrons. The quantitative estimate of drug-likeness (QED) is 0.849. The number of rotatable bonds is 3. The fourth-order valence-electron chi connectivity index (χ4n) is 2.60. The zero-order valence-corrected chi connectivity index (χ0v) is 13.1. The maximum atomic E-state index is 12.7. The molecule has 2 aromatic rings. The van der Waals surface area contributed by atoms with Gasteiger partial charge in [0.2, 0.25) is 0 Å². The molecular formula is C16H15F3N4O2. The lowest BCUT2D eigenvalue weighted by Crippen LogP contribution is -2.44. The SMILES string of the molecule is O=C(c1cccnc1)N1CCCC(Oc2nccc(C(F)(F)F)n2)C1. The predicted octanol–water partition coefficient (Wildman–Crippen LogP) is 2.57. The van der Waals surface area contributed by atoms with Crippen molar-refractivity contribution < 1.29 is 22.7 Å². The number of likely N-dealkylation sites (tertiary alicyclic amines) is 1. The third-order valence-corrected chi connectivity index (χ3v) is 3.77. The third-order valence-electron chi connectivity index (χ3n) is 3.77. The van der Waals surface area contributed by atoms with Crippen LogP contribution < -0.4 is 4.74 Å². The van der Waals surface area contributed by atoms with E-state index in [9.17, 15) is 18.0 Å². The highest BCUT2D eigenvalue weighted by Crippen LogP contribution is 2.28. The molecule has 1 unspecified atom stereocenters. The second kappa shape index (κ2) is 7.04. The van der Waals surface area contributed by atoms with Crippen molar-refractivity contribution in [3.05, 3.63) is 48.0 Å². The van der Waals surface area contributed by atoms with E-state index in [4.69, 9.17) is 4.74 Å². The Morgan fingerprint density at radius 1 is 1.28 bits per heavy atom. The fourth-order valence-corrected chi connectivity index (χ4v) is 2.60. The highest BCUT2D eigenvalue weighted by molar-refractivity contribution is 5.93. The van der Waals surface area contributed by atoms with Crippen LogP contribution in [0.2, 0.25) is 0 Å². The van der Waals surface area contributed by atoms with Gasteiger partial charge in [-0.15, -0.1) is 0 Å². The molecule has 0 aliphatic carbocycles. The van der Waals surface area contributed by atoms with Crippen molar-refractivity contribution in [1.29, 1.82) is 0 Å². The van der Waals surface area contributed by atoms with Gasteiger partial charge >= 0.3 is 12.2 Å². The molecule has 0 saturated carbocycles. The Bertz CT molecular complexity index is 740. The summed E-state index contributed by atoms with van der Waals surface area (Å²) in [6, 6.07) is 3.78. The summed E-state index contributed by atoms with van der Waals surface area (Å²) in [5.74, 6) is -0.189. The molecule has 1 atom stereocenters. The van der Waals surface area contributed by atoms with Crippen LogP contribution in [-0.4, -0.2) is 45.0 Å². The number of pyridine rings is 1. The van der Waals surface area contributed by atoms with E-state index in [-0.39, 0.29) is 18.5 Å². The van der Waals surface area contributed by atoms with Crippen molar-refractivity contribution in [3.63, 3.8) is 0 Å². The van der Waals surface area contributed by atoms with E-state index in [1.54, 1.807) is 23.2 Å². The van der Waals surface area contributed by atoms with Gasteiger partial charge in [0, 0.05) is 25.1 Å². The zero-order valence-electron chi connectivity index (χ0n) is 13.1. The Labute approximate surface area is 141 Å². The lowest BCUT2D eigenvalue weighted by molar-refractivity contribution is -0.141. The fraction of sp³-hybridized carbons (Fsp3) is 0.375. The number of carbonyl (C=O) groups is 1. The van der Waals surface area contributed by atoms with Crippen LogP contribution in [0.15, 0.2) is 36.8 Å². The maximum Gasteiger partial charge on any atom is 0.433 e. The Kier molecular flexibility index (Phi) is 4.82. The highest BCUT2D eigenvalue weighted by atomic mass is 19.4. The number of hydrogen-bond acceptors (Lipinski definition) is 5. The molecule has 0 aromatic carbocycles. The molecule has 0 radical (unpaired) electrons. The minimum absolute atomic E-state index is 0.189. The number of carbonyl (C=O) groups excluding carboxylic acids is 1. The van der Waals surface area contributed by atoms with Crippen LogP contribution in [0.4, 0.5) is 13.2 Å². The summed E-state index contributed by atoms with van der Waals surface area (Å²) < 4.78 is 43.6. The van der Waals surface area contributed by atoms with E-state index in [1.165, 1.54) is 6.20 Å². The molecule has 1 amide bonds. The van der Waals surface area contributed by atoms with Gasteiger partial charge < -0.3 is 9.64 Å². The standard InChI is InChI=1S/C16H15F3N4O2/c17-16(18,19)13-5-7-21-15(22-13)25-12-4-2-8-23(10-12)14(24)11-3-1-6-20-9-11/h1,3,5-7,9,12H,2,4,8,10H2. The summed E-state index contributed by atoms with van der Waals surface area (Å²) >= 11 is 0. The van der Waals surface area contributed by atoms with Crippen LogP contribution >= 0.6 is 0 Å². The Morgan fingerprint density at radius 2 is 2.12 bits per heavy atom. The van der Waals surface area contributed by atoms with Crippen molar-refractivity contribution in [1.82, 2.24) is 19.9 Å². The number of aromatic nitrogens is 3. The average molecular weight is 352 g/mol. The zero-order chi connectivity index (χ0) is 17.9. The first-order valence-corrected chi connectivity index (χ1v) is 7.69. The van der Waals surface area contributed by atoms with Crippen molar-refractivity contribution in [2.45, 2.75) is 25.1 Å². The molecule has 25 heavy (non-hydrogen) atoms. The van der Waals surface area contributed by atoms with Gasteiger partial charge in [-0.25, -0.2) is 4.98 Å². The second-order valence-electron chi connectivity index (χ2n) is 5.60. The van der Waals surface area contributed by atoms with Crippen molar-refractivity contribution in [2.75, 3.05) is 13.1 Å². The van der Waals surface area contributed by atoms with Gasteiger partial charge in [0.25, 0.3) is 5.91 Å². The first-order valence-electron chi connectivity index (χ1n) is 7.69. The number of halogens is 3. The summed E-state index contributed by atoms with van der Waals surface area (Å²) in [7, 11) is 0. The smallest absolute Gasteiger partial charge is 0.433 e. The highest BCUT2D eigenvalue weighted by Gasteiger charge is 2.33. The molecule has 6 nitrogen and oxygen atoms in total. The summed E-state index contributed by atoms with van der Waals surface area (Å²) in [5.41, 5.74) is -0.602. The number of piperidine rings is 1. The molecule has 9 heteroatoms. The number of hydrogen-bond donors (Lipinski definition) is 0. The monoisotopic (exact) mass is 352 g/mol. The van der Waals surface area contributed by atoms with Crippen LogP contribution in [0, 0.1) is 0 Å². The summed E-state index contributed by atoms with van der Waals surface area (Å²) in [4.78, 5) is 25.1. The van der Waals surface area contributed by atoms with Crippen LogP contribution in [0.5, 0.6) is 6.01 Å². The molecule has 1 aliphatic heterocycles. The second-order valence-corrected chi connectivity index (χ2v) is 5.60. The Balaban J connectivity index is 1.67. The minimum Gasteiger partial charge on any atom is -0.458 e. The number of alkyl halides is 3. The van der Waals surface area contributed by atoms with Gasteiger partial charge in [-0.05, 0) is 31.0 Å². The molecule has 0 bridgehead atoms. The van der Waals surface area contributed by atoms with E-state index in [2.05, 4.69) is 15.0 Å². The third kappa shape index (κ3) is 4.23. The van der Waals surface area contributed by atoms with E-state index < -0.39 is 18.0 Å². The largest absolute Gasteiger partial charge is 0.458 e. The number of nitrogens with zero attached hydrogens (tertiary/aromatic N) is 4. The molecule has 1 saturated heterocycles. The molecule has 0 N–H and O–H groups in total. The number of ether oxygens (including phenoxy) is 1. The topological polar surface area (TPSA) is 68.2 Å². The van der Waals surface area contributed by atoms with Gasteiger partial charge in [-0.3, -0.25) is 9.78 Å². The van der Waals surface area contributed by atoms with Crippen LogP contribution in [-0.2, 0) is 6.18 Å². The van der Waals surface area contributed by atoms with E-state index in [0.717, 1.165) is 12.3 Å². The van der Waals surface area contributed by atoms with Crippen LogP contribution in [0.25, 0.3) is 0 Å².